The van der Waals surface area contributed by atoms with Gasteiger partial charge >= 0.3 is 0 Å². The molecular formula is C20H23Br2ClN4O3. The fraction of sp³-hybridized carbons (Fsp3) is 0.250. The predicted molar refractivity (Wildman–Crippen MR) is 128 cm³/mol. The summed E-state index contributed by atoms with van der Waals surface area (Å²) in [5.74, 6) is -0.790. The third-order valence-electron chi connectivity index (χ3n) is 4.01. The molecule has 2 aromatic rings. The molecular weight excluding hydrogens is 540 g/mol. The maximum Gasteiger partial charge on any atom is 0.252 e. The van der Waals surface area contributed by atoms with Gasteiger partial charge in [0.05, 0.1) is 11.1 Å². The quantitative estimate of drug-likeness (QED) is 0.333. The van der Waals surface area contributed by atoms with Crippen LogP contribution in [0, 0.1) is 13.8 Å². The van der Waals surface area contributed by atoms with Gasteiger partial charge in [-0.1, -0.05) is 0 Å². The number of carbonyl (C=O) groups is 3. The van der Waals surface area contributed by atoms with Gasteiger partial charge in [-0.25, -0.2) is 0 Å². The van der Waals surface area contributed by atoms with E-state index in [9.17, 15) is 14.4 Å². The molecule has 10 heteroatoms. The first kappa shape index (κ1) is 25.9. The molecule has 0 radical (unpaired) electrons. The summed E-state index contributed by atoms with van der Waals surface area (Å²) >= 11 is 12.0. The van der Waals surface area contributed by atoms with Crippen molar-refractivity contribution >= 4 is 72.6 Å². The molecule has 2 rings (SSSR count). The number of halogens is 3. The fourth-order valence-electron chi connectivity index (χ4n) is 2.30. The van der Waals surface area contributed by atoms with Gasteiger partial charge in [-0.2, -0.15) is 0 Å². The van der Waals surface area contributed by atoms with Crippen molar-refractivity contribution in [2.45, 2.75) is 13.8 Å². The van der Waals surface area contributed by atoms with Crippen molar-refractivity contribution in [1.82, 2.24) is 10.6 Å². The third kappa shape index (κ3) is 7.00. The predicted octanol–water partition coefficient (Wildman–Crippen LogP) is 3.99. The number of amides is 3. The van der Waals surface area contributed by atoms with Crippen LogP contribution in [-0.4, -0.2) is 37.7 Å². The van der Waals surface area contributed by atoms with Crippen LogP contribution in [-0.2, 0) is 4.79 Å². The van der Waals surface area contributed by atoms with Crippen molar-refractivity contribution in [1.29, 1.82) is 0 Å². The number of aryl methyl sites for hydroxylation is 2. The molecule has 5 N–H and O–H groups in total. The third-order valence-corrected chi connectivity index (χ3v) is 5.56. The highest BCUT2D eigenvalue weighted by Crippen LogP contribution is 2.25. The first-order valence-corrected chi connectivity index (χ1v) is 10.8. The van der Waals surface area contributed by atoms with E-state index in [0.29, 0.717) is 27.0 Å². The molecule has 0 saturated carbocycles. The lowest BCUT2D eigenvalue weighted by Gasteiger charge is -2.11. The van der Waals surface area contributed by atoms with E-state index >= 15 is 0 Å². The summed E-state index contributed by atoms with van der Waals surface area (Å²) in [5, 5.41) is 7.71. The zero-order valence-corrected chi connectivity index (χ0v) is 20.9. The largest absolute Gasteiger partial charge is 0.398 e. The van der Waals surface area contributed by atoms with Gasteiger partial charge in [-0.3, -0.25) is 14.4 Å². The number of anilines is 2. The number of rotatable bonds is 4. The molecule has 0 atom stereocenters. The van der Waals surface area contributed by atoms with Crippen LogP contribution in [0.2, 0.25) is 0 Å². The average Bonchev–Trinajstić information content (AvgIpc) is 2.71. The Morgan fingerprint density at radius 1 is 0.900 bits per heavy atom. The first-order chi connectivity index (χ1) is 14.0. The zero-order chi connectivity index (χ0) is 23.0. The van der Waals surface area contributed by atoms with Gasteiger partial charge in [0.1, 0.15) is 5.88 Å². The van der Waals surface area contributed by atoms with Crippen LogP contribution in [0.1, 0.15) is 31.8 Å². The van der Waals surface area contributed by atoms with Gasteiger partial charge in [-0.15, -0.1) is 11.6 Å². The standard InChI is InChI=1S/C11H12BrClN2O2.C9H11BrN2O/c1-6-3-8(12)7(11(17)14-2)4-9(6)15-10(16)5-13;1-5-3-7(10)6(4-8(5)11)9(13)12-2/h3-4H,5H2,1-2H3,(H,14,17)(H,15,16);3-4H,11H2,1-2H3,(H,12,13). The normalized spacial score (nSPS) is 9.83. The Bertz CT molecular complexity index is 968. The van der Waals surface area contributed by atoms with Crippen LogP contribution in [0.4, 0.5) is 11.4 Å². The molecule has 0 bridgehead atoms. The minimum absolute atomic E-state index is 0.120. The maximum atomic E-state index is 11.6. The van der Waals surface area contributed by atoms with Crippen LogP contribution in [0.25, 0.3) is 0 Å². The summed E-state index contributed by atoms with van der Waals surface area (Å²) in [6, 6.07) is 6.88. The number of nitrogens with one attached hydrogen (secondary N) is 3. The van der Waals surface area contributed by atoms with Crippen LogP contribution >= 0.6 is 43.5 Å². The van der Waals surface area contributed by atoms with Gasteiger partial charge in [-0.05, 0) is 81.1 Å². The number of nitrogens with two attached hydrogens (primary N) is 1. The molecule has 0 aliphatic heterocycles. The summed E-state index contributed by atoms with van der Waals surface area (Å²) in [6.07, 6.45) is 0. The van der Waals surface area contributed by atoms with Gasteiger partial charge in [0.15, 0.2) is 0 Å². The Kier molecular flexibility index (Phi) is 10.3. The average molecular weight is 563 g/mol. The number of hydrogen-bond donors (Lipinski definition) is 4. The molecule has 0 aliphatic carbocycles. The van der Waals surface area contributed by atoms with Gasteiger partial charge in [0.2, 0.25) is 5.91 Å². The van der Waals surface area contributed by atoms with Crippen molar-refractivity contribution < 1.29 is 14.4 Å². The summed E-state index contributed by atoms with van der Waals surface area (Å²) in [4.78, 5) is 34.1. The van der Waals surface area contributed by atoms with Crippen molar-refractivity contribution in [2.24, 2.45) is 0 Å². The maximum absolute atomic E-state index is 11.6. The molecule has 30 heavy (non-hydrogen) atoms. The summed E-state index contributed by atoms with van der Waals surface area (Å²) in [6.45, 7) is 3.73. The van der Waals surface area contributed by atoms with E-state index in [1.807, 2.05) is 19.9 Å². The number of carbonyl (C=O) groups excluding carboxylic acids is 3. The van der Waals surface area contributed by atoms with Crippen LogP contribution in [0.3, 0.4) is 0 Å². The van der Waals surface area contributed by atoms with E-state index in [2.05, 4.69) is 47.8 Å². The molecule has 0 unspecified atom stereocenters. The minimum atomic E-state index is -0.306. The Balaban J connectivity index is 0.000000311. The van der Waals surface area contributed by atoms with E-state index < -0.39 is 0 Å². The zero-order valence-electron chi connectivity index (χ0n) is 17.0. The second kappa shape index (κ2) is 11.9. The lowest BCUT2D eigenvalue weighted by Crippen LogP contribution is -2.20. The molecule has 7 nitrogen and oxygen atoms in total. The SMILES string of the molecule is CNC(=O)c1cc(N)c(C)cc1Br.CNC(=O)c1cc(NC(=O)CCl)c(C)cc1Br. The topological polar surface area (TPSA) is 113 Å². The number of nitrogen functional groups attached to an aromatic ring is 1. The molecule has 2 aromatic carbocycles. The monoisotopic (exact) mass is 560 g/mol. The molecule has 0 aromatic heterocycles. The second-order valence-corrected chi connectivity index (χ2v) is 8.15. The molecule has 3 amide bonds. The molecule has 0 saturated heterocycles. The van der Waals surface area contributed by atoms with Crippen molar-refractivity contribution in [3.05, 3.63) is 55.5 Å². The fourth-order valence-corrected chi connectivity index (χ4v) is 3.64. The van der Waals surface area contributed by atoms with Crippen molar-refractivity contribution in [2.75, 3.05) is 31.0 Å². The molecule has 162 valence electrons. The van der Waals surface area contributed by atoms with Crippen LogP contribution in [0.5, 0.6) is 0 Å². The second-order valence-electron chi connectivity index (χ2n) is 6.18. The van der Waals surface area contributed by atoms with Crippen LogP contribution in [0.15, 0.2) is 33.2 Å². The van der Waals surface area contributed by atoms with Crippen molar-refractivity contribution in [3.63, 3.8) is 0 Å². The number of alkyl halides is 1. The highest BCUT2D eigenvalue weighted by Gasteiger charge is 2.13. The van der Waals surface area contributed by atoms with Gasteiger partial charge < -0.3 is 21.7 Å². The summed E-state index contributed by atoms with van der Waals surface area (Å²) < 4.78 is 1.44. The Labute approximate surface area is 197 Å². The van der Waals surface area contributed by atoms with E-state index in [1.165, 1.54) is 0 Å². The van der Waals surface area contributed by atoms with Crippen molar-refractivity contribution in [3.8, 4) is 0 Å². The van der Waals surface area contributed by atoms with E-state index in [-0.39, 0.29) is 23.6 Å². The Hall–Kier alpha value is -2.10. The van der Waals surface area contributed by atoms with E-state index in [1.54, 1.807) is 32.3 Å². The minimum Gasteiger partial charge on any atom is -0.398 e. The molecule has 0 heterocycles. The van der Waals surface area contributed by atoms with Gasteiger partial charge in [0.25, 0.3) is 11.8 Å². The van der Waals surface area contributed by atoms with Gasteiger partial charge in [0, 0.05) is 34.4 Å². The first-order valence-electron chi connectivity index (χ1n) is 8.71. The number of hydrogen-bond acceptors (Lipinski definition) is 4. The molecule has 0 aliphatic rings. The highest BCUT2D eigenvalue weighted by atomic mass is 79.9. The summed E-state index contributed by atoms with van der Waals surface area (Å²) in [5.41, 5.74) is 9.72. The highest BCUT2D eigenvalue weighted by molar-refractivity contribution is 9.10. The Morgan fingerprint density at radius 3 is 1.83 bits per heavy atom. The molecule has 0 fully saturated rings. The summed E-state index contributed by atoms with van der Waals surface area (Å²) in [7, 11) is 3.14. The smallest absolute Gasteiger partial charge is 0.252 e. The Morgan fingerprint density at radius 2 is 1.37 bits per heavy atom. The number of benzene rings is 2. The lowest BCUT2D eigenvalue weighted by molar-refractivity contribution is -0.113. The molecule has 0 spiro atoms. The lowest BCUT2D eigenvalue weighted by atomic mass is 10.1. The van der Waals surface area contributed by atoms with E-state index in [0.717, 1.165) is 15.6 Å². The van der Waals surface area contributed by atoms with Crippen LogP contribution < -0.4 is 21.7 Å². The van der Waals surface area contributed by atoms with E-state index in [4.69, 9.17) is 17.3 Å².